The number of hydrogen-bond acceptors (Lipinski definition) is 3. The van der Waals surface area contributed by atoms with Gasteiger partial charge in [-0.05, 0) is 29.8 Å². The second kappa shape index (κ2) is 7.16. The normalized spacial score (nSPS) is 19.3. The summed E-state index contributed by atoms with van der Waals surface area (Å²) < 4.78 is 6.47. The van der Waals surface area contributed by atoms with Crippen molar-refractivity contribution < 1.29 is 4.74 Å². The molecular weight excluding hydrogens is 326 g/mol. The number of benzene rings is 3. The predicted octanol–water partition coefficient (Wildman–Crippen LogP) is 5.15. The van der Waals surface area contributed by atoms with Gasteiger partial charge in [-0.2, -0.15) is 0 Å². The standard InChI is InChI=1S/C22H19NOS/c1-4-10-18(11-5-1)21-23-16-22(24-21,19-12-6-2-7-13-19)17-25-20-14-8-3-9-15-20/h1-15H,16-17H2/t22-/m1/s1. The maximum atomic E-state index is 6.47. The van der Waals surface area contributed by atoms with E-state index in [0.29, 0.717) is 6.54 Å². The molecule has 0 fully saturated rings. The van der Waals surface area contributed by atoms with E-state index in [9.17, 15) is 0 Å². The summed E-state index contributed by atoms with van der Waals surface area (Å²) >= 11 is 1.81. The molecule has 3 aromatic carbocycles. The van der Waals surface area contributed by atoms with Crippen molar-refractivity contribution in [1.29, 1.82) is 0 Å². The fourth-order valence-corrected chi connectivity index (χ4v) is 4.01. The second-order valence-corrected chi connectivity index (χ2v) is 7.10. The third kappa shape index (κ3) is 3.47. The summed E-state index contributed by atoms with van der Waals surface area (Å²) in [6, 6.07) is 31.0. The highest BCUT2D eigenvalue weighted by Crippen LogP contribution is 2.37. The smallest absolute Gasteiger partial charge is 0.217 e. The second-order valence-electron chi connectivity index (χ2n) is 6.05. The summed E-state index contributed by atoms with van der Waals surface area (Å²) in [5.74, 6) is 1.55. The van der Waals surface area contributed by atoms with Crippen molar-refractivity contribution in [3.63, 3.8) is 0 Å². The maximum Gasteiger partial charge on any atom is 0.217 e. The van der Waals surface area contributed by atoms with Crippen LogP contribution in [0.2, 0.25) is 0 Å². The molecule has 0 amide bonds. The van der Waals surface area contributed by atoms with Gasteiger partial charge in [0.2, 0.25) is 5.90 Å². The zero-order valence-corrected chi connectivity index (χ0v) is 14.7. The van der Waals surface area contributed by atoms with Crippen molar-refractivity contribution >= 4 is 17.7 Å². The predicted molar refractivity (Wildman–Crippen MR) is 104 cm³/mol. The molecule has 124 valence electrons. The van der Waals surface area contributed by atoms with E-state index in [1.54, 1.807) is 0 Å². The minimum atomic E-state index is -0.424. The molecule has 0 saturated heterocycles. The molecule has 1 aliphatic rings. The summed E-state index contributed by atoms with van der Waals surface area (Å²) in [5.41, 5.74) is 1.78. The molecule has 0 N–H and O–H groups in total. The van der Waals surface area contributed by atoms with Crippen LogP contribution in [0.4, 0.5) is 0 Å². The first-order valence-corrected chi connectivity index (χ1v) is 9.37. The zero-order chi connectivity index (χ0) is 17.0. The van der Waals surface area contributed by atoms with Crippen LogP contribution in [0.1, 0.15) is 11.1 Å². The van der Waals surface area contributed by atoms with Crippen LogP contribution >= 0.6 is 11.8 Å². The van der Waals surface area contributed by atoms with Crippen LogP contribution in [-0.2, 0) is 10.3 Å². The van der Waals surface area contributed by atoms with Crippen molar-refractivity contribution in [2.24, 2.45) is 4.99 Å². The zero-order valence-electron chi connectivity index (χ0n) is 13.8. The number of thioether (sulfide) groups is 1. The van der Waals surface area contributed by atoms with Crippen molar-refractivity contribution in [3.05, 3.63) is 102 Å². The average molecular weight is 345 g/mol. The minimum absolute atomic E-state index is 0.424. The van der Waals surface area contributed by atoms with Crippen LogP contribution < -0.4 is 0 Å². The Hall–Kier alpha value is -2.52. The van der Waals surface area contributed by atoms with Crippen LogP contribution in [0.3, 0.4) is 0 Å². The largest absolute Gasteiger partial charge is 0.463 e. The van der Waals surface area contributed by atoms with Crippen LogP contribution in [0.25, 0.3) is 0 Å². The van der Waals surface area contributed by atoms with Gasteiger partial charge in [0.1, 0.15) is 0 Å². The van der Waals surface area contributed by atoms with E-state index in [-0.39, 0.29) is 0 Å². The first kappa shape index (κ1) is 16.0. The summed E-state index contributed by atoms with van der Waals surface area (Å²) in [7, 11) is 0. The maximum absolute atomic E-state index is 6.47. The molecule has 0 aromatic heterocycles. The van der Waals surface area contributed by atoms with Crippen molar-refractivity contribution in [2.45, 2.75) is 10.5 Å². The number of ether oxygens (including phenoxy) is 1. The Morgan fingerprint density at radius 2 is 1.40 bits per heavy atom. The van der Waals surface area contributed by atoms with Gasteiger partial charge in [0.15, 0.2) is 5.60 Å². The molecule has 0 spiro atoms. The SMILES string of the molecule is c1ccc(SC[C@@]2(c3ccccc3)CN=C(c3ccccc3)O2)cc1. The van der Waals surface area contributed by atoms with Crippen molar-refractivity contribution in [1.82, 2.24) is 0 Å². The fraction of sp³-hybridized carbons (Fsp3) is 0.136. The monoisotopic (exact) mass is 345 g/mol. The van der Waals surface area contributed by atoms with Crippen LogP contribution in [0.15, 0.2) is 101 Å². The van der Waals surface area contributed by atoms with Gasteiger partial charge in [0, 0.05) is 16.2 Å². The van der Waals surface area contributed by atoms with Gasteiger partial charge in [0.25, 0.3) is 0 Å². The van der Waals surface area contributed by atoms with E-state index in [1.807, 2.05) is 54.2 Å². The van der Waals surface area contributed by atoms with E-state index in [2.05, 4.69) is 48.5 Å². The molecule has 3 heteroatoms. The van der Waals surface area contributed by atoms with Crippen LogP contribution in [0, 0.1) is 0 Å². The molecule has 0 bridgehead atoms. The van der Waals surface area contributed by atoms with Gasteiger partial charge in [-0.3, -0.25) is 0 Å². The highest BCUT2D eigenvalue weighted by atomic mass is 32.2. The Morgan fingerprint density at radius 3 is 2.08 bits per heavy atom. The Bertz CT molecular complexity index is 849. The molecule has 1 atom stereocenters. The Labute approximate surface area is 152 Å². The number of aliphatic imine (C=N–C) groups is 1. The number of hydrogen-bond donors (Lipinski definition) is 0. The lowest BCUT2D eigenvalue weighted by Gasteiger charge is -2.28. The minimum Gasteiger partial charge on any atom is -0.463 e. The van der Waals surface area contributed by atoms with E-state index in [0.717, 1.165) is 17.2 Å². The molecular formula is C22H19NOS. The summed E-state index contributed by atoms with van der Waals surface area (Å²) in [6.07, 6.45) is 0. The van der Waals surface area contributed by atoms with Gasteiger partial charge < -0.3 is 4.74 Å². The fourth-order valence-electron chi connectivity index (χ4n) is 2.95. The average Bonchev–Trinajstić information content (AvgIpc) is 3.14. The lowest BCUT2D eigenvalue weighted by Crippen LogP contribution is -2.33. The van der Waals surface area contributed by atoms with Gasteiger partial charge in [-0.1, -0.05) is 66.7 Å². The van der Waals surface area contributed by atoms with E-state index in [4.69, 9.17) is 9.73 Å². The quantitative estimate of drug-likeness (QED) is 0.596. The van der Waals surface area contributed by atoms with Gasteiger partial charge in [0.05, 0.1) is 6.54 Å². The number of rotatable bonds is 5. The summed E-state index contributed by atoms with van der Waals surface area (Å²) in [5, 5.41) is 0. The number of nitrogens with zero attached hydrogens (tertiary/aromatic N) is 1. The molecule has 2 nitrogen and oxygen atoms in total. The first-order chi connectivity index (χ1) is 12.4. The lowest BCUT2D eigenvalue weighted by molar-refractivity contribution is 0.114. The van der Waals surface area contributed by atoms with E-state index < -0.39 is 5.60 Å². The third-order valence-corrected chi connectivity index (χ3v) is 5.52. The van der Waals surface area contributed by atoms with Crippen molar-refractivity contribution in [3.8, 4) is 0 Å². The summed E-state index contributed by atoms with van der Waals surface area (Å²) in [4.78, 5) is 5.97. The third-order valence-electron chi connectivity index (χ3n) is 4.31. The highest BCUT2D eigenvalue weighted by molar-refractivity contribution is 7.99. The van der Waals surface area contributed by atoms with Crippen LogP contribution in [0.5, 0.6) is 0 Å². The molecule has 25 heavy (non-hydrogen) atoms. The molecule has 0 saturated carbocycles. The molecule has 3 aromatic rings. The Kier molecular flexibility index (Phi) is 4.57. The molecule has 0 unspecified atom stereocenters. The van der Waals surface area contributed by atoms with Crippen molar-refractivity contribution in [2.75, 3.05) is 12.3 Å². The van der Waals surface area contributed by atoms with Gasteiger partial charge in [-0.25, -0.2) is 4.99 Å². The van der Waals surface area contributed by atoms with E-state index >= 15 is 0 Å². The Morgan fingerprint density at radius 1 is 0.800 bits per heavy atom. The van der Waals surface area contributed by atoms with Gasteiger partial charge >= 0.3 is 0 Å². The molecule has 0 aliphatic carbocycles. The lowest BCUT2D eigenvalue weighted by atomic mass is 9.96. The highest BCUT2D eigenvalue weighted by Gasteiger charge is 2.40. The molecule has 0 radical (unpaired) electrons. The molecule has 4 rings (SSSR count). The first-order valence-electron chi connectivity index (χ1n) is 8.38. The topological polar surface area (TPSA) is 21.6 Å². The van der Waals surface area contributed by atoms with Crippen LogP contribution in [-0.4, -0.2) is 18.2 Å². The van der Waals surface area contributed by atoms with Gasteiger partial charge in [-0.15, -0.1) is 11.8 Å². The summed E-state index contributed by atoms with van der Waals surface area (Å²) in [6.45, 7) is 0.640. The van der Waals surface area contributed by atoms with E-state index in [1.165, 1.54) is 10.5 Å². The molecule has 1 aliphatic heterocycles. The molecule has 1 heterocycles. The Balaban J connectivity index is 1.60.